The molecule has 32 heavy (non-hydrogen) atoms. The van der Waals surface area contributed by atoms with Crippen molar-refractivity contribution in [3.05, 3.63) is 53.3 Å². The Kier molecular flexibility index (Phi) is 4.86. The van der Waals surface area contributed by atoms with Crippen LogP contribution in [0, 0.1) is 5.41 Å². The fraction of sp³-hybridized carbons (Fsp3) is 0.435. The van der Waals surface area contributed by atoms with E-state index in [2.05, 4.69) is 4.98 Å². The SMILES string of the molecule is CC1(CC(=O)c2ccc3c(c2)C(C)(C)C(=O)N3c2cncc(C(C)(F)F)c2)CS(=O)(=O)C1. The van der Waals surface area contributed by atoms with Gasteiger partial charge in [0, 0.05) is 36.1 Å². The third-order valence-electron chi connectivity index (χ3n) is 6.18. The number of Topliss-reactive ketones (excluding diaryl/α,β-unsaturated/α-hetero) is 1. The highest BCUT2D eigenvalue weighted by Gasteiger charge is 2.47. The molecule has 0 aliphatic carbocycles. The number of fused-ring (bicyclic) bond motifs is 1. The molecule has 3 heterocycles. The van der Waals surface area contributed by atoms with Crippen molar-refractivity contribution < 1.29 is 26.8 Å². The van der Waals surface area contributed by atoms with Crippen LogP contribution in [0.25, 0.3) is 0 Å². The lowest BCUT2D eigenvalue weighted by molar-refractivity contribution is -0.121. The van der Waals surface area contributed by atoms with Gasteiger partial charge >= 0.3 is 0 Å². The number of alkyl halides is 2. The van der Waals surface area contributed by atoms with Gasteiger partial charge in [0.15, 0.2) is 15.6 Å². The van der Waals surface area contributed by atoms with E-state index in [9.17, 15) is 26.8 Å². The van der Waals surface area contributed by atoms with Crippen LogP contribution in [-0.4, -0.2) is 36.6 Å². The fourth-order valence-corrected chi connectivity index (χ4v) is 6.81. The van der Waals surface area contributed by atoms with Crippen molar-refractivity contribution in [3.63, 3.8) is 0 Å². The molecule has 0 saturated carbocycles. The second-order valence-corrected chi connectivity index (χ2v) is 11.8. The van der Waals surface area contributed by atoms with Gasteiger partial charge in [-0.15, -0.1) is 0 Å². The molecular formula is C23H24F2N2O4S. The molecule has 2 aliphatic heterocycles. The van der Waals surface area contributed by atoms with E-state index in [4.69, 9.17) is 0 Å². The van der Waals surface area contributed by atoms with Gasteiger partial charge in [-0.3, -0.25) is 19.5 Å². The number of anilines is 2. The van der Waals surface area contributed by atoms with Crippen molar-refractivity contribution in [2.24, 2.45) is 5.41 Å². The highest BCUT2D eigenvalue weighted by atomic mass is 32.2. The minimum Gasteiger partial charge on any atom is -0.294 e. The Labute approximate surface area is 185 Å². The van der Waals surface area contributed by atoms with Crippen molar-refractivity contribution in [3.8, 4) is 0 Å². The molecule has 1 saturated heterocycles. The number of nitrogens with zero attached hydrogens (tertiary/aromatic N) is 2. The smallest absolute Gasteiger partial charge is 0.272 e. The molecule has 1 aromatic heterocycles. The Morgan fingerprint density at radius 2 is 1.81 bits per heavy atom. The number of benzene rings is 1. The number of hydrogen-bond acceptors (Lipinski definition) is 5. The van der Waals surface area contributed by atoms with Crippen LogP contribution in [-0.2, 0) is 26.0 Å². The molecule has 9 heteroatoms. The van der Waals surface area contributed by atoms with Crippen LogP contribution in [0.1, 0.15) is 55.6 Å². The summed E-state index contributed by atoms with van der Waals surface area (Å²) in [7, 11) is -3.07. The predicted octanol–water partition coefficient (Wildman–Crippen LogP) is 4.16. The zero-order valence-corrected chi connectivity index (χ0v) is 19.1. The van der Waals surface area contributed by atoms with Crippen LogP contribution in [0.5, 0.6) is 0 Å². The van der Waals surface area contributed by atoms with Gasteiger partial charge in [0.2, 0.25) is 5.91 Å². The number of rotatable bonds is 5. The highest BCUT2D eigenvalue weighted by Crippen LogP contribution is 2.46. The van der Waals surface area contributed by atoms with Crippen LogP contribution in [0.15, 0.2) is 36.7 Å². The largest absolute Gasteiger partial charge is 0.294 e. The van der Waals surface area contributed by atoms with Gasteiger partial charge < -0.3 is 0 Å². The van der Waals surface area contributed by atoms with Crippen LogP contribution < -0.4 is 4.90 Å². The van der Waals surface area contributed by atoms with Gasteiger partial charge in [0.05, 0.1) is 34.5 Å². The van der Waals surface area contributed by atoms with E-state index in [0.29, 0.717) is 16.8 Å². The molecule has 0 unspecified atom stereocenters. The normalized spacial score (nSPS) is 20.6. The molecule has 0 radical (unpaired) electrons. The van der Waals surface area contributed by atoms with E-state index in [-0.39, 0.29) is 40.9 Å². The first-order chi connectivity index (χ1) is 14.6. The average Bonchev–Trinajstić information content (AvgIpc) is 2.85. The molecule has 0 atom stereocenters. The van der Waals surface area contributed by atoms with E-state index < -0.39 is 26.6 Å². The number of aromatic nitrogens is 1. The summed E-state index contributed by atoms with van der Waals surface area (Å²) in [5.41, 5.74) is -0.134. The van der Waals surface area contributed by atoms with Gasteiger partial charge in [-0.25, -0.2) is 17.2 Å². The number of carbonyl (C=O) groups is 2. The first kappa shape index (κ1) is 22.5. The van der Waals surface area contributed by atoms with Crippen LogP contribution >= 0.6 is 0 Å². The van der Waals surface area contributed by atoms with Gasteiger partial charge in [0.25, 0.3) is 5.92 Å². The second kappa shape index (κ2) is 6.91. The molecule has 2 aromatic rings. The number of pyridine rings is 1. The summed E-state index contributed by atoms with van der Waals surface area (Å²) in [5, 5.41) is 0. The molecule has 1 fully saturated rings. The summed E-state index contributed by atoms with van der Waals surface area (Å²) in [6.45, 7) is 5.98. The minimum atomic E-state index is -3.11. The molecule has 0 spiro atoms. The number of hydrogen-bond donors (Lipinski definition) is 0. The van der Waals surface area contributed by atoms with E-state index >= 15 is 0 Å². The second-order valence-electron chi connectivity index (χ2n) is 9.76. The number of sulfone groups is 1. The van der Waals surface area contributed by atoms with Crippen LogP contribution in [0.2, 0.25) is 0 Å². The van der Waals surface area contributed by atoms with Crippen molar-refractivity contribution in [2.75, 3.05) is 16.4 Å². The van der Waals surface area contributed by atoms with Crippen molar-refractivity contribution >= 4 is 32.9 Å². The monoisotopic (exact) mass is 462 g/mol. The Balaban J connectivity index is 1.69. The van der Waals surface area contributed by atoms with E-state index in [0.717, 1.165) is 13.1 Å². The predicted molar refractivity (Wildman–Crippen MR) is 116 cm³/mol. The average molecular weight is 463 g/mol. The minimum absolute atomic E-state index is 0.0140. The fourth-order valence-electron chi connectivity index (χ4n) is 4.57. The lowest BCUT2D eigenvalue weighted by Gasteiger charge is -2.37. The third kappa shape index (κ3) is 3.72. The maximum absolute atomic E-state index is 13.8. The first-order valence-corrected chi connectivity index (χ1v) is 12.0. The van der Waals surface area contributed by atoms with Crippen molar-refractivity contribution in [1.29, 1.82) is 0 Å². The topological polar surface area (TPSA) is 84.4 Å². The Morgan fingerprint density at radius 1 is 1.16 bits per heavy atom. The highest BCUT2D eigenvalue weighted by molar-refractivity contribution is 7.92. The Bertz CT molecular complexity index is 1240. The molecule has 4 rings (SSSR count). The molecule has 1 aromatic carbocycles. The van der Waals surface area contributed by atoms with Gasteiger partial charge in [-0.1, -0.05) is 6.92 Å². The number of carbonyl (C=O) groups excluding carboxylic acids is 2. The Morgan fingerprint density at radius 3 is 2.41 bits per heavy atom. The zero-order chi connectivity index (χ0) is 23.7. The number of amides is 1. The van der Waals surface area contributed by atoms with Crippen LogP contribution in [0.3, 0.4) is 0 Å². The number of ketones is 1. The molecule has 6 nitrogen and oxygen atoms in total. The molecular weight excluding hydrogens is 438 g/mol. The summed E-state index contributed by atoms with van der Waals surface area (Å²) in [6.07, 6.45) is 2.52. The lowest BCUT2D eigenvalue weighted by atomic mass is 9.83. The zero-order valence-electron chi connectivity index (χ0n) is 18.3. The molecule has 0 N–H and O–H groups in total. The number of halogens is 2. The quantitative estimate of drug-likeness (QED) is 0.623. The first-order valence-electron chi connectivity index (χ1n) is 10.2. The van der Waals surface area contributed by atoms with E-state index in [1.54, 1.807) is 39.0 Å². The summed E-state index contributed by atoms with van der Waals surface area (Å²) in [6, 6.07) is 6.11. The van der Waals surface area contributed by atoms with E-state index in [1.807, 2.05) is 0 Å². The summed E-state index contributed by atoms with van der Waals surface area (Å²) < 4.78 is 50.7. The van der Waals surface area contributed by atoms with Crippen LogP contribution in [0.4, 0.5) is 20.2 Å². The van der Waals surface area contributed by atoms with Gasteiger partial charge in [-0.05, 0) is 43.7 Å². The van der Waals surface area contributed by atoms with Gasteiger partial charge in [-0.2, -0.15) is 0 Å². The third-order valence-corrected chi connectivity index (χ3v) is 8.46. The summed E-state index contributed by atoms with van der Waals surface area (Å²) in [4.78, 5) is 31.4. The summed E-state index contributed by atoms with van der Waals surface area (Å²) >= 11 is 0. The Hall–Kier alpha value is -2.68. The maximum atomic E-state index is 13.8. The van der Waals surface area contributed by atoms with Crippen molar-refractivity contribution in [2.45, 2.75) is 45.5 Å². The summed E-state index contributed by atoms with van der Waals surface area (Å²) in [5.74, 6) is -3.64. The molecule has 0 bridgehead atoms. The lowest BCUT2D eigenvalue weighted by Crippen LogP contribution is -2.47. The molecule has 1 amide bonds. The standard InChI is InChI=1S/C23H24F2N2O4S/c1-21(2)17-7-14(19(28)9-22(3)12-32(30,31)13-22)5-6-18(17)27(20(21)29)16-8-15(10-26-11-16)23(4,24)25/h5-8,10-11H,9,12-13H2,1-4H3. The van der Waals surface area contributed by atoms with Gasteiger partial charge in [0.1, 0.15) is 0 Å². The van der Waals surface area contributed by atoms with E-state index in [1.165, 1.54) is 17.2 Å². The maximum Gasteiger partial charge on any atom is 0.272 e. The molecule has 170 valence electrons. The van der Waals surface area contributed by atoms with Crippen molar-refractivity contribution in [1.82, 2.24) is 4.98 Å². The molecule has 2 aliphatic rings.